The van der Waals surface area contributed by atoms with Gasteiger partial charge in [0.25, 0.3) is 0 Å². The fraction of sp³-hybridized carbons (Fsp3) is 0.571. The second-order valence-corrected chi connectivity index (χ2v) is 7.08. The minimum absolute atomic E-state index is 0. The highest BCUT2D eigenvalue weighted by Crippen LogP contribution is 2.17. The van der Waals surface area contributed by atoms with Crippen LogP contribution in [0.4, 0.5) is 0 Å². The summed E-state index contributed by atoms with van der Waals surface area (Å²) in [5.41, 5.74) is 1.06. The molecule has 0 aliphatic carbocycles. The predicted octanol–water partition coefficient (Wildman–Crippen LogP) is 1.53. The molecular weight excluding hydrogens is 509 g/mol. The lowest BCUT2D eigenvalue weighted by atomic mass is 10.2. The first-order valence-corrected chi connectivity index (χ1v) is 10.6. The van der Waals surface area contributed by atoms with Crippen LogP contribution in [0.2, 0.25) is 0 Å². The highest BCUT2D eigenvalue weighted by Gasteiger charge is 2.10. The number of ether oxygens (including phenoxy) is 2. The Morgan fingerprint density at radius 1 is 1.16 bits per heavy atom. The second kappa shape index (κ2) is 14.2. The van der Waals surface area contributed by atoms with Crippen molar-refractivity contribution in [2.45, 2.75) is 26.4 Å². The number of nitrogens with zero attached hydrogens (tertiary/aromatic N) is 5. The summed E-state index contributed by atoms with van der Waals surface area (Å²) < 4.78 is 12.9. The number of hydrogen-bond donors (Lipinski definition) is 2. The van der Waals surface area contributed by atoms with Gasteiger partial charge < -0.3 is 24.7 Å². The Labute approximate surface area is 201 Å². The minimum atomic E-state index is 0. The average Bonchev–Trinajstić information content (AvgIpc) is 3.25. The molecule has 1 saturated heterocycles. The zero-order chi connectivity index (χ0) is 21.0. The Morgan fingerprint density at radius 2 is 1.90 bits per heavy atom. The van der Waals surface area contributed by atoms with Crippen LogP contribution in [0.15, 0.2) is 35.6 Å². The highest BCUT2D eigenvalue weighted by atomic mass is 127. The van der Waals surface area contributed by atoms with Crippen molar-refractivity contribution in [3.05, 3.63) is 42.0 Å². The van der Waals surface area contributed by atoms with Crippen LogP contribution in [0.25, 0.3) is 0 Å². The maximum atomic E-state index is 5.45. The van der Waals surface area contributed by atoms with Crippen molar-refractivity contribution in [2.24, 2.45) is 4.99 Å². The van der Waals surface area contributed by atoms with Gasteiger partial charge in [-0.05, 0) is 6.07 Å². The molecule has 9 nitrogen and oxygen atoms in total. The predicted molar refractivity (Wildman–Crippen MR) is 132 cm³/mol. The number of morpholine rings is 1. The van der Waals surface area contributed by atoms with E-state index in [1.165, 1.54) is 0 Å². The smallest absolute Gasteiger partial charge is 0.191 e. The van der Waals surface area contributed by atoms with Gasteiger partial charge in [-0.15, -0.1) is 34.2 Å². The maximum absolute atomic E-state index is 5.45. The molecule has 0 radical (unpaired) electrons. The fourth-order valence-electron chi connectivity index (χ4n) is 3.36. The first kappa shape index (κ1) is 25.3. The standard InChI is InChI=1S/C21H33N7O2.HI/c1-3-20-26-25-17-28(20)11-9-23-21(22-8-10-27-12-14-30-15-13-27)24-16-18-6-4-5-7-19(18)29-2;/h4-7,17H,3,8-16H2,1-2H3,(H2,22,23,24);1H. The summed E-state index contributed by atoms with van der Waals surface area (Å²) in [4.78, 5) is 7.18. The summed E-state index contributed by atoms with van der Waals surface area (Å²) >= 11 is 0. The van der Waals surface area contributed by atoms with E-state index in [1.807, 2.05) is 24.3 Å². The summed E-state index contributed by atoms with van der Waals surface area (Å²) in [6.45, 7) is 9.53. The van der Waals surface area contributed by atoms with Crippen molar-refractivity contribution < 1.29 is 9.47 Å². The van der Waals surface area contributed by atoms with Gasteiger partial charge in [-0.2, -0.15) is 0 Å². The number of aromatic nitrogens is 3. The van der Waals surface area contributed by atoms with Crippen molar-refractivity contribution in [3.63, 3.8) is 0 Å². The molecule has 10 heteroatoms. The van der Waals surface area contributed by atoms with Crippen LogP contribution in [0.1, 0.15) is 18.3 Å². The van der Waals surface area contributed by atoms with E-state index in [1.54, 1.807) is 13.4 Å². The number of aliphatic imine (C=N–C) groups is 1. The van der Waals surface area contributed by atoms with Crippen LogP contribution in [0.5, 0.6) is 5.75 Å². The van der Waals surface area contributed by atoms with Crippen LogP contribution < -0.4 is 15.4 Å². The number of methoxy groups -OCH3 is 1. The average molecular weight is 543 g/mol. The van der Waals surface area contributed by atoms with Crippen LogP contribution in [-0.2, 0) is 24.2 Å². The third-order valence-electron chi connectivity index (χ3n) is 5.08. The Morgan fingerprint density at radius 3 is 2.65 bits per heavy atom. The van der Waals surface area contributed by atoms with E-state index in [4.69, 9.17) is 14.5 Å². The van der Waals surface area contributed by atoms with E-state index >= 15 is 0 Å². The van der Waals surface area contributed by atoms with Crippen molar-refractivity contribution in [2.75, 3.05) is 53.0 Å². The highest BCUT2D eigenvalue weighted by molar-refractivity contribution is 14.0. The first-order chi connectivity index (χ1) is 14.8. The molecular formula is C21H34IN7O2. The number of para-hydroxylation sites is 1. The SMILES string of the molecule is CCc1nncn1CCNC(=NCc1ccccc1OC)NCCN1CCOCC1.I. The molecule has 0 amide bonds. The van der Waals surface area contributed by atoms with E-state index in [0.29, 0.717) is 6.54 Å². The first-order valence-electron chi connectivity index (χ1n) is 10.6. The topological polar surface area (TPSA) is 88.8 Å². The number of guanidine groups is 1. The number of rotatable bonds is 10. The van der Waals surface area contributed by atoms with E-state index < -0.39 is 0 Å². The molecule has 2 N–H and O–H groups in total. The molecule has 2 heterocycles. The molecule has 1 aromatic carbocycles. The quantitative estimate of drug-likeness (QED) is 0.267. The van der Waals surface area contributed by atoms with Crippen LogP contribution in [0.3, 0.4) is 0 Å². The molecule has 3 rings (SSSR count). The summed E-state index contributed by atoms with van der Waals surface area (Å²) in [5, 5.41) is 15.0. The molecule has 31 heavy (non-hydrogen) atoms. The van der Waals surface area contributed by atoms with Gasteiger partial charge in [0.05, 0.1) is 26.9 Å². The zero-order valence-corrected chi connectivity index (χ0v) is 20.7. The van der Waals surface area contributed by atoms with Gasteiger partial charge in [-0.25, -0.2) is 4.99 Å². The zero-order valence-electron chi connectivity index (χ0n) is 18.4. The molecule has 0 bridgehead atoms. The van der Waals surface area contributed by atoms with Crippen molar-refractivity contribution in [3.8, 4) is 5.75 Å². The van der Waals surface area contributed by atoms with Gasteiger partial charge in [0.1, 0.15) is 17.9 Å². The Kier molecular flexibility index (Phi) is 11.6. The molecule has 1 fully saturated rings. The number of benzene rings is 1. The molecule has 1 aromatic heterocycles. The third kappa shape index (κ3) is 8.26. The van der Waals surface area contributed by atoms with Gasteiger partial charge >= 0.3 is 0 Å². The summed E-state index contributed by atoms with van der Waals surface area (Å²) in [6.07, 6.45) is 2.64. The van der Waals surface area contributed by atoms with E-state index in [0.717, 1.165) is 82.0 Å². The molecule has 0 spiro atoms. The van der Waals surface area contributed by atoms with E-state index in [2.05, 4.69) is 37.2 Å². The molecule has 0 saturated carbocycles. The minimum Gasteiger partial charge on any atom is -0.496 e. The number of hydrogen-bond acceptors (Lipinski definition) is 6. The Balaban J connectivity index is 0.00000341. The molecule has 2 aromatic rings. The number of nitrogens with one attached hydrogen (secondary N) is 2. The van der Waals surface area contributed by atoms with Crippen LogP contribution >= 0.6 is 24.0 Å². The number of aryl methyl sites for hydroxylation is 1. The molecule has 1 aliphatic rings. The van der Waals surface area contributed by atoms with Crippen LogP contribution in [-0.4, -0.2) is 78.7 Å². The van der Waals surface area contributed by atoms with Crippen molar-refractivity contribution >= 4 is 29.9 Å². The van der Waals surface area contributed by atoms with Crippen LogP contribution in [0, 0.1) is 0 Å². The lowest BCUT2D eigenvalue weighted by Gasteiger charge is -2.26. The van der Waals surface area contributed by atoms with Crippen molar-refractivity contribution in [1.29, 1.82) is 0 Å². The van der Waals surface area contributed by atoms with Gasteiger partial charge in [0, 0.05) is 51.3 Å². The molecule has 0 atom stereocenters. The molecule has 172 valence electrons. The van der Waals surface area contributed by atoms with Gasteiger partial charge in [0.15, 0.2) is 5.96 Å². The maximum Gasteiger partial charge on any atom is 0.191 e. The summed E-state index contributed by atoms with van der Waals surface area (Å²) in [5.74, 6) is 2.64. The van der Waals surface area contributed by atoms with Gasteiger partial charge in [0.2, 0.25) is 0 Å². The monoisotopic (exact) mass is 543 g/mol. The normalized spacial score (nSPS) is 14.7. The van der Waals surface area contributed by atoms with E-state index in [9.17, 15) is 0 Å². The summed E-state index contributed by atoms with van der Waals surface area (Å²) in [7, 11) is 1.69. The second-order valence-electron chi connectivity index (χ2n) is 7.08. The Bertz CT molecular complexity index is 794. The fourth-order valence-corrected chi connectivity index (χ4v) is 3.36. The largest absolute Gasteiger partial charge is 0.496 e. The molecule has 0 unspecified atom stereocenters. The summed E-state index contributed by atoms with van der Waals surface area (Å²) in [6, 6.07) is 7.97. The lowest BCUT2D eigenvalue weighted by molar-refractivity contribution is 0.0389. The van der Waals surface area contributed by atoms with Crippen molar-refractivity contribution in [1.82, 2.24) is 30.3 Å². The molecule has 1 aliphatic heterocycles. The lowest BCUT2D eigenvalue weighted by Crippen LogP contribution is -2.45. The number of halogens is 1. The van der Waals surface area contributed by atoms with Gasteiger partial charge in [-0.3, -0.25) is 4.90 Å². The Hall–Kier alpha value is -1.92. The third-order valence-corrected chi connectivity index (χ3v) is 5.08. The van der Waals surface area contributed by atoms with Gasteiger partial charge in [-0.1, -0.05) is 25.1 Å². The van der Waals surface area contributed by atoms with E-state index in [-0.39, 0.29) is 24.0 Å².